The summed E-state index contributed by atoms with van der Waals surface area (Å²) in [5.74, 6) is -2.38. The molecule has 5 rings (SSSR count). The molecular weight excluding hydrogens is 801 g/mol. The number of esters is 2. The Balaban J connectivity index is 1.29. The first-order valence-electron chi connectivity index (χ1n) is 22.5. The van der Waals surface area contributed by atoms with Crippen molar-refractivity contribution in [2.24, 2.45) is 0 Å². The molecule has 4 N–H and O–H groups in total. The third kappa shape index (κ3) is 14.9. The van der Waals surface area contributed by atoms with Gasteiger partial charge in [0, 0.05) is 43.4 Å². The van der Waals surface area contributed by atoms with Gasteiger partial charge in [-0.3, -0.25) is 14.4 Å². The van der Waals surface area contributed by atoms with Gasteiger partial charge in [0.2, 0.25) is 5.91 Å². The van der Waals surface area contributed by atoms with Gasteiger partial charge in [-0.1, -0.05) is 94.1 Å². The Morgan fingerprint density at radius 1 is 0.889 bits per heavy atom. The summed E-state index contributed by atoms with van der Waals surface area (Å²) in [6.45, 7) is 9.39. The highest BCUT2D eigenvalue weighted by Gasteiger charge is 2.52. The molecule has 0 unspecified atom stereocenters. The molecule has 3 aromatic carbocycles. The van der Waals surface area contributed by atoms with Crippen LogP contribution in [0.1, 0.15) is 143 Å². The lowest BCUT2D eigenvalue weighted by Gasteiger charge is -2.31. The normalized spacial score (nSPS) is 18.6. The summed E-state index contributed by atoms with van der Waals surface area (Å²) >= 11 is 0. The highest BCUT2D eigenvalue weighted by molar-refractivity contribution is 5.95. The minimum Gasteiger partial charge on any atom is -0.508 e. The molecule has 0 aromatic heterocycles. The van der Waals surface area contributed by atoms with E-state index in [1.807, 2.05) is 30.4 Å². The molecule has 1 heterocycles. The molecule has 2 aliphatic rings. The Morgan fingerprint density at radius 2 is 1.60 bits per heavy atom. The number of phenolic OH excluding ortho intramolecular Hbond substituents is 1. The average Bonchev–Trinajstić information content (AvgIpc) is 3.63. The number of aliphatic hydroxyl groups is 1. The minimum absolute atomic E-state index is 0.0376. The van der Waals surface area contributed by atoms with Gasteiger partial charge in [0.1, 0.15) is 29.7 Å². The van der Waals surface area contributed by atoms with Crippen LogP contribution in [0, 0.1) is 0 Å². The largest absolute Gasteiger partial charge is 0.508 e. The zero-order valence-corrected chi connectivity index (χ0v) is 37.5. The lowest BCUT2D eigenvalue weighted by Crippen LogP contribution is -2.43. The first-order valence-corrected chi connectivity index (χ1v) is 22.5. The van der Waals surface area contributed by atoms with Crippen LogP contribution in [0.4, 0.5) is 0 Å². The zero-order chi connectivity index (χ0) is 45.4. The molecule has 1 saturated heterocycles. The molecule has 4 atom stereocenters. The van der Waals surface area contributed by atoms with Crippen molar-refractivity contribution >= 4 is 29.8 Å². The second-order valence-corrected chi connectivity index (χ2v) is 17.6. The number of carbonyl (C=O) groups is 4. The van der Waals surface area contributed by atoms with Crippen LogP contribution in [0.15, 0.2) is 90.5 Å². The molecule has 63 heavy (non-hydrogen) atoms. The van der Waals surface area contributed by atoms with Gasteiger partial charge in [0.15, 0.2) is 5.79 Å². The van der Waals surface area contributed by atoms with Crippen molar-refractivity contribution in [3.63, 3.8) is 0 Å². The summed E-state index contributed by atoms with van der Waals surface area (Å²) in [5, 5.41) is 25.8. The highest BCUT2D eigenvalue weighted by Crippen LogP contribution is 2.43. The van der Waals surface area contributed by atoms with Crippen LogP contribution >= 0.6 is 0 Å². The molecule has 0 spiro atoms. The van der Waals surface area contributed by atoms with Crippen molar-refractivity contribution in [2.75, 3.05) is 6.61 Å². The lowest BCUT2D eigenvalue weighted by molar-refractivity contribution is -0.190. The molecular formula is C51H66N2O10. The van der Waals surface area contributed by atoms with Crippen LogP contribution in [0.25, 0.3) is 6.08 Å². The number of rotatable bonds is 22. The summed E-state index contributed by atoms with van der Waals surface area (Å²) in [4.78, 5) is 53.2. The predicted octanol–water partition coefficient (Wildman–Crippen LogP) is 8.67. The van der Waals surface area contributed by atoms with E-state index < -0.39 is 53.6 Å². The maximum atomic E-state index is 13.9. The summed E-state index contributed by atoms with van der Waals surface area (Å²) in [7, 11) is 0. The number of aromatic hydroxyl groups is 1. The standard InChI is InChI=1S/C51H66N2O10/c1-6-8-12-27-51(28-13-9-7-2)61-44-32-40(47(57)52-33-36-19-16-22-38(30-36)48(58)53-41(34-54)25-26-45(56)62-50(3,4)5)31-43(46(44)63-51)60-49(59)39-23-15-18-35(29-39)17-14-21-37-20-10-11-24-42(37)55/h10-11,14-20,22-24,29-30,32,41,43-44,46,54-55H,6-9,12-13,21,25-28,31,33-34H2,1-5H3,(H,52,57)(H,53,58)/t41-,43+,44+,46-/m0/s1. The second-order valence-electron chi connectivity index (χ2n) is 17.6. The number of ether oxygens (including phenoxy) is 4. The van der Waals surface area contributed by atoms with Gasteiger partial charge in [0.05, 0.1) is 18.2 Å². The third-order valence-corrected chi connectivity index (χ3v) is 11.1. The van der Waals surface area contributed by atoms with Crippen molar-refractivity contribution in [3.8, 4) is 5.75 Å². The van der Waals surface area contributed by atoms with E-state index in [2.05, 4.69) is 24.5 Å². The number of allylic oxidation sites excluding steroid dienone is 1. The van der Waals surface area contributed by atoms with Gasteiger partial charge in [-0.05, 0) is 99.6 Å². The number of amides is 2. The quantitative estimate of drug-likeness (QED) is 0.0566. The molecule has 0 saturated carbocycles. The number of carbonyl (C=O) groups excluding carboxylic acids is 4. The fourth-order valence-electron chi connectivity index (χ4n) is 7.86. The van der Waals surface area contributed by atoms with Gasteiger partial charge < -0.3 is 39.8 Å². The molecule has 1 fully saturated rings. The van der Waals surface area contributed by atoms with Gasteiger partial charge in [-0.15, -0.1) is 0 Å². The zero-order valence-electron chi connectivity index (χ0n) is 37.5. The van der Waals surface area contributed by atoms with E-state index in [0.29, 0.717) is 41.5 Å². The topological polar surface area (TPSA) is 170 Å². The number of aliphatic hydroxyl groups excluding tert-OH is 1. The van der Waals surface area contributed by atoms with Crippen LogP contribution in [-0.2, 0) is 41.5 Å². The van der Waals surface area contributed by atoms with Crippen molar-refractivity contribution in [1.29, 1.82) is 0 Å². The van der Waals surface area contributed by atoms with Crippen molar-refractivity contribution in [3.05, 3.63) is 118 Å². The summed E-state index contributed by atoms with van der Waals surface area (Å²) in [5.41, 5.74) is 2.71. The van der Waals surface area contributed by atoms with Gasteiger partial charge in [-0.2, -0.15) is 0 Å². The van der Waals surface area contributed by atoms with E-state index in [-0.39, 0.29) is 44.1 Å². The average molecular weight is 867 g/mol. The molecule has 12 nitrogen and oxygen atoms in total. The fourth-order valence-corrected chi connectivity index (χ4v) is 7.86. The highest BCUT2D eigenvalue weighted by atomic mass is 16.8. The van der Waals surface area contributed by atoms with Crippen LogP contribution in [0.2, 0.25) is 0 Å². The molecule has 0 radical (unpaired) electrons. The SMILES string of the molecule is CCCCCC1(CCCCC)O[C@@H]2[C@@H](C=C(C(=O)NCc3cccc(C(=O)N[C@H](CO)CCC(=O)OC(C)(C)C)c3)C[C@H]2OC(=O)c2cccc(C=CCc3ccccc3O)c2)O1. The number of hydrogen-bond donors (Lipinski definition) is 4. The van der Waals surface area contributed by atoms with Gasteiger partial charge >= 0.3 is 11.9 Å². The summed E-state index contributed by atoms with van der Waals surface area (Å²) in [6, 6.07) is 20.4. The lowest BCUT2D eigenvalue weighted by atomic mass is 9.91. The van der Waals surface area contributed by atoms with E-state index in [9.17, 15) is 29.4 Å². The predicted molar refractivity (Wildman–Crippen MR) is 242 cm³/mol. The molecule has 1 aliphatic carbocycles. The number of fused-ring (bicyclic) bond motifs is 1. The Morgan fingerprint density at radius 3 is 2.30 bits per heavy atom. The van der Waals surface area contributed by atoms with E-state index in [0.717, 1.165) is 49.7 Å². The Bertz CT molecular complexity index is 2060. The maximum absolute atomic E-state index is 13.9. The molecule has 1 aliphatic heterocycles. The fraction of sp³-hybridized carbons (Fsp3) is 0.490. The van der Waals surface area contributed by atoms with Crippen LogP contribution in [0.3, 0.4) is 0 Å². The monoisotopic (exact) mass is 866 g/mol. The molecule has 12 heteroatoms. The number of phenols is 1. The minimum atomic E-state index is -0.865. The molecule has 3 aromatic rings. The van der Waals surface area contributed by atoms with E-state index in [1.165, 1.54) is 0 Å². The molecule has 0 bridgehead atoms. The summed E-state index contributed by atoms with van der Waals surface area (Å²) < 4.78 is 25.2. The number of hydrogen-bond acceptors (Lipinski definition) is 10. The van der Waals surface area contributed by atoms with Gasteiger partial charge in [0.25, 0.3) is 5.91 Å². The first-order chi connectivity index (χ1) is 30.2. The third-order valence-electron chi connectivity index (χ3n) is 11.1. The maximum Gasteiger partial charge on any atom is 0.338 e. The number of unbranched alkanes of at least 4 members (excludes halogenated alkanes) is 4. The summed E-state index contributed by atoms with van der Waals surface area (Å²) in [6.07, 6.45) is 11.8. The first kappa shape index (κ1) is 48.7. The van der Waals surface area contributed by atoms with Gasteiger partial charge in [-0.25, -0.2) is 4.79 Å². The molecule has 2 amide bonds. The number of benzene rings is 3. The van der Waals surface area contributed by atoms with Crippen LogP contribution < -0.4 is 10.6 Å². The van der Waals surface area contributed by atoms with E-state index in [1.54, 1.807) is 81.4 Å². The number of nitrogens with one attached hydrogen (secondary N) is 2. The van der Waals surface area contributed by atoms with Crippen LogP contribution in [-0.4, -0.2) is 76.3 Å². The van der Waals surface area contributed by atoms with Crippen molar-refractivity contribution in [1.82, 2.24) is 10.6 Å². The van der Waals surface area contributed by atoms with Crippen LogP contribution in [0.5, 0.6) is 5.75 Å². The Labute approximate surface area is 372 Å². The number of para-hydroxylation sites is 1. The van der Waals surface area contributed by atoms with Crippen molar-refractivity contribution < 1.29 is 48.3 Å². The van der Waals surface area contributed by atoms with E-state index in [4.69, 9.17) is 18.9 Å². The smallest absolute Gasteiger partial charge is 0.338 e. The Kier molecular flexibility index (Phi) is 18.1. The Hall–Kier alpha value is -5.30. The molecule has 340 valence electrons. The van der Waals surface area contributed by atoms with E-state index >= 15 is 0 Å². The van der Waals surface area contributed by atoms with Crippen molar-refractivity contribution in [2.45, 2.75) is 154 Å². The second kappa shape index (κ2) is 23.4.